The molecule has 0 aliphatic heterocycles. The molecule has 2 rings (SSSR count). The molecule has 0 bridgehead atoms. The van der Waals surface area contributed by atoms with Gasteiger partial charge in [0.2, 0.25) is 0 Å². The van der Waals surface area contributed by atoms with E-state index in [0.717, 1.165) is 35.3 Å². The average Bonchev–Trinajstić information content (AvgIpc) is 2.55. The molecule has 3 nitrogen and oxygen atoms in total. The first-order valence-electron chi connectivity index (χ1n) is 8.98. The molecular formula is C22H29NO2. The van der Waals surface area contributed by atoms with Crippen LogP contribution in [-0.4, -0.2) is 18.6 Å². The number of aryl methyl sites for hydroxylation is 4. The van der Waals surface area contributed by atoms with Gasteiger partial charge in [0.05, 0.1) is 6.10 Å². The average molecular weight is 339 g/mol. The second-order valence-electron chi connectivity index (χ2n) is 6.92. The predicted molar refractivity (Wildman–Crippen MR) is 104 cm³/mol. The first-order valence-corrected chi connectivity index (χ1v) is 8.98. The molecule has 0 aliphatic rings. The van der Waals surface area contributed by atoms with Crippen LogP contribution in [0.15, 0.2) is 36.4 Å². The standard InChI is InChI=1S/C22H29NO2/c1-15(2)25-20-10-8-19(9-11-20)7-6-12-23-22(24)21-14-17(4)16(3)13-18(21)5/h8-11,13-15H,6-7,12H2,1-5H3,(H,23,24). The predicted octanol–water partition coefficient (Wildman–Crippen LogP) is 4.76. The summed E-state index contributed by atoms with van der Waals surface area (Å²) in [6.45, 7) is 10.8. The van der Waals surface area contributed by atoms with Gasteiger partial charge in [-0.15, -0.1) is 0 Å². The van der Waals surface area contributed by atoms with Gasteiger partial charge < -0.3 is 10.1 Å². The number of hydrogen-bond acceptors (Lipinski definition) is 2. The molecule has 134 valence electrons. The summed E-state index contributed by atoms with van der Waals surface area (Å²) in [5.74, 6) is 0.915. The maximum absolute atomic E-state index is 12.4. The highest BCUT2D eigenvalue weighted by Crippen LogP contribution is 2.16. The molecule has 0 unspecified atom stereocenters. The minimum atomic E-state index is 0.0151. The van der Waals surface area contributed by atoms with Crippen LogP contribution in [0.5, 0.6) is 5.75 Å². The SMILES string of the molecule is Cc1cc(C)c(C(=O)NCCCc2ccc(OC(C)C)cc2)cc1C. The van der Waals surface area contributed by atoms with Crippen molar-refractivity contribution in [2.75, 3.05) is 6.54 Å². The normalized spacial score (nSPS) is 10.8. The van der Waals surface area contributed by atoms with E-state index >= 15 is 0 Å². The van der Waals surface area contributed by atoms with E-state index in [2.05, 4.69) is 30.4 Å². The molecule has 0 spiro atoms. The number of carbonyl (C=O) groups excluding carboxylic acids is 1. The van der Waals surface area contributed by atoms with Crippen LogP contribution in [0.1, 0.15) is 52.9 Å². The zero-order valence-electron chi connectivity index (χ0n) is 16.0. The fourth-order valence-electron chi connectivity index (χ4n) is 2.80. The Balaban J connectivity index is 1.81. The van der Waals surface area contributed by atoms with Gasteiger partial charge >= 0.3 is 0 Å². The summed E-state index contributed by atoms with van der Waals surface area (Å²) in [7, 11) is 0. The molecule has 3 heteroatoms. The Labute approximate surface area is 151 Å². The molecule has 0 aromatic heterocycles. The van der Waals surface area contributed by atoms with Crippen molar-refractivity contribution < 1.29 is 9.53 Å². The second kappa shape index (κ2) is 8.70. The number of amides is 1. The van der Waals surface area contributed by atoms with Gasteiger partial charge in [-0.2, -0.15) is 0 Å². The van der Waals surface area contributed by atoms with Crippen molar-refractivity contribution in [2.45, 2.75) is 53.6 Å². The third kappa shape index (κ3) is 5.63. The molecule has 0 aliphatic carbocycles. The van der Waals surface area contributed by atoms with E-state index in [0.29, 0.717) is 6.54 Å². The molecule has 25 heavy (non-hydrogen) atoms. The smallest absolute Gasteiger partial charge is 0.251 e. The lowest BCUT2D eigenvalue weighted by molar-refractivity contribution is 0.0952. The Morgan fingerprint density at radius 1 is 1.00 bits per heavy atom. The maximum Gasteiger partial charge on any atom is 0.251 e. The first-order chi connectivity index (χ1) is 11.9. The fraction of sp³-hybridized carbons (Fsp3) is 0.409. The van der Waals surface area contributed by atoms with Gasteiger partial charge in [0.25, 0.3) is 5.91 Å². The van der Waals surface area contributed by atoms with E-state index in [4.69, 9.17) is 4.74 Å². The van der Waals surface area contributed by atoms with Gasteiger partial charge in [-0.25, -0.2) is 0 Å². The molecule has 1 amide bonds. The molecule has 0 atom stereocenters. The van der Waals surface area contributed by atoms with Crippen LogP contribution in [0.25, 0.3) is 0 Å². The van der Waals surface area contributed by atoms with Gasteiger partial charge in [-0.05, 0) is 87.9 Å². The molecule has 0 saturated heterocycles. The van der Waals surface area contributed by atoms with Crippen molar-refractivity contribution >= 4 is 5.91 Å². The van der Waals surface area contributed by atoms with Gasteiger partial charge in [0, 0.05) is 12.1 Å². The third-order valence-electron chi connectivity index (χ3n) is 4.31. The molecule has 2 aromatic carbocycles. The van der Waals surface area contributed by atoms with E-state index in [1.54, 1.807) is 0 Å². The monoisotopic (exact) mass is 339 g/mol. The first kappa shape index (κ1) is 19.0. The molecule has 0 fully saturated rings. The Hall–Kier alpha value is -2.29. The minimum Gasteiger partial charge on any atom is -0.491 e. The highest BCUT2D eigenvalue weighted by molar-refractivity contribution is 5.95. The Bertz CT molecular complexity index is 718. The number of benzene rings is 2. The molecule has 0 heterocycles. The van der Waals surface area contributed by atoms with Crippen LogP contribution < -0.4 is 10.1 Å². The minimum absolute atomic E-state index is 0.0151. The molecule has 1 N–H and O–H groups in total. The lowest BCUT2D eigenvalue weighted by atomic mass is 10.0. The highest BCUT2D eigenvalue weighted by atomic mass is 16.5. The van der Waals surface area contributed by atoms with Gasteiger partial charge in [0.15, 0.2) is 0 Å². The van der Waals surface area contributed by atoms with Crippen molar-refractivity contribution in [1.82, 2.24) is 5.32 Å². The van der Waals surface area contributed by atoms with Crippen molar-refractivity contribution in [1.29, 1.82) is 0 Å². The maximum atomic E-state index is 12.4. The molecule has 0 radical (unpaired) electrons. The van der Waals surface area contributed by atoms with Crippen LogP contribution in [-0.2, 0) is 6.42 Å². The van der Waals surface area contributed by atoms with E-state index in [1.807, 2.05) is 45.9 Å². The van der Waals surface area contributed by atoms with Crippen LogP contribution in [0.2, 0.25) is 0 Å². The van der Waals surface area contributed by atoms with E-state index in [9.17, 15) is 4.79 Å². The number of rotatable bonds is 7. The van der Waals surface area contributed by atoms with Crippen LogP contribution in [0, 0.1) is 20.8 Å². The summed E-state index contributed by atoms with van der Waals surface area (Å²) in [5.41, 5.74) is 5.44. The van der Waals surface area contributed by atoms with E-state index < -0.39 is 0 Å². The summed E-state index contributed by atoms with van der Waals surface area (Å²) in [6.07, 6.45) is 2.05. The topological polar surface area (TPSA) is 38.3 Å². The van der Waals surface area contributed by atoms with Crippen molar-refractivity contribution in [3.8, 4) is 5.75 Å². The quantitative estimate of drug-likeness (QED) is 0.739. The van der Waals surface area contributed by atoms with E-state index in [-0.39, 0.29) is 12.0 Å². The zero-order valence-corrected chi connectivity index (χ0v) is 16.0. The lowest BCUT2D eigenvalue weighted by Gasteiger charge is -2.11. The summed E-state index contributed by atoms with van der Waals surface area (Å²) in [6, 6.07) is 12.2. The van der Waals surface area contributed by atoms with Crippen molar-refractivity contribution in [3.05, 3.63) is 64.2 Å². The Morgan fingerprint density at radius 3 is 2.28 bits per heavy atom. The third-order valence-corrected chi connectivity index (χ3v) is 4.31. The number of carbonyl (C=O) groups is 1. The molecular weight excluding hydrogens is 310 g/mol. The van der Waals surface area contributed by atoms with Crippen LogP contribution in [0.4, 0.5) is 0 Å². The lowest BCUT2D eigenvalue weighted by Crippen LogP contribution is -2.25. The Morgan fingerprint density at radius 2 is 1.64 bits per heavy atom. The fourth-order valence-corrected chi connectivity index (χ4v) is 2.80. The van der Waals surface area contributed by atoms with Crippen molar-refractivity contribution in [2.24, 2.45) is 0 Å². The second-order valence-corrected chi connectivity index (χ2v) is 6.92. The van der Waals surface area contributed by atoms with Crippen LogP contribution in [0.3, 0.4) is 0 Å². The van der Waals surface area contributed by atoms with Gasteiger partial charge in [-0.1, -0.05) is 18.2 Å². The molecule has 0 saturated carbocycles. The molecule has 2 aromatic rings. The largest absolute Gasteiger partial charge is 0.491 e. The van der Waals surface area contributed by atoms with Gasteiger partial charge in [-0.3, -0.25) is 4.79 Å². The summed E-state index contributed by atoms with van der Waals surface area (Å²) >= 11 is 0. The Kier molecular flexibility index (Phi) is 6.63. The van der Waals surface area contributed by atoms with Crippen molar-refractivity contribution in [3.63, 3.8) is 0 Å². The number of ether oxygens (including phenoxy) is 1. The van der Waals surface area contributed by atoms with Crippen LogP contribution >= 0.6 is 0 Å². The number of nitrogens with one attached hydrogen (secondary N) is 1. The number of hydrogen-bond donors (Lipinski definition) is 1. The zero-order chi connectivity index (χ0) is 18.4. The summed E-state index contributed by atoms with van der Waals surface area (Å²) in [4.78, 5) is 12.4. The summed E-state index contributed by atoms with van der Waals surface area (Å²) < 4.78 is 5.65. The highest BCUT2D eigenvalue weighted by Gasteiger charge is 2.10. The van der Waals surface area contributed by atoms with Gasteiger partial charge in [0.1, 0.15) is 5.75 Å². The van der Waals surface area contributed by atoms with E-state index in [1.165, 1.54) is 11.1 Å². The summed E-state index contributed by atoms with van der Waals surface area (Å²) in [5, 5.41) is 3.03.